The maximum absolute atomic E-state index is 13.1. The standard InChI is InChI=1S/C13H13BrFNS/c1-9-2-3-11(15)6-10(9)7-16-8-12-4-5-13(14)17-12/h2-6,16H,7-8H2,1H3. The summed E-state index contributed by atoms with van der Waals surface area (Å²) in [6, 6.07) is 9.02. The Bertz CT molecular complexity index is 510. The van der Waals surface area contributed by atoms with Gasteiger partial charge in [-0.25, -0.2) is 4.39 Å². The molecule has 1 nitrogen and oxygen atoms in total. The number of aryl methyl sites for hydroxylation is 1. The Morgan fingerprint density at radius 2 is 2.06 bits per heavy atom. The third kappa shape index (κ3) is 3.63. The first kappa shape index (κ1) is 12.7. The Morgan fingerprint density at radius 3 is 2.76 bits per heavy atom. The van der Waals surface area contributed by atoms with Gasteiger partial charge in [-0.15, -0.1) is 11.3 Å². The van der Waals surface area contributed by atoms with Gasteiger partial charge in [0, 0.05) is 18.0 Å². The molecule has 0 bridgehead atoms. The topological polar surface area (TPSA) is 12.0 Å². The third-order valence-corrected chi connectivity index (χ3v) is 4.18. The van der Waals surface area contributed by atoms with Gasteiger partial charge in [-0.05, 0) is 58.2 Å². The van der Waals surface area contributed by atoms with Gasteiger partial charge in [0.05, 0.1) is 3.79 Å². The first-order valence-electron chi connectivity index (χ1n) is 5.35. The quantitative estimate of drug-likeness (QED) is 0.890. The van der Waals surface area contributed by atoms with Crippen LogP contribution in [0.5, 0.6) is 0 Å². The van der Waals surface area contributed by atoms with Crippen molar-refractivity contribution in [3.8, 4) is 0 Å². The summed E-state index contributed by atoms with van der Waals surface area (Å²) < 4.78 is 14.2. The summed E-state index contributed by atoms with van der Waals surface area (Å²) >= 11 is 5.14. The van der Waals surface area contributed by atoms with Crippen molar-refractivity contribution >= 4 is 27.3 Å². The molecule has 0 radical (unpaired) electrons. The Kier molecular flexibility index (Phi) is 4.31. The second kappa shape index (κ2) is 5.76. The van der Waals surface area contributed by atoms with Crippen LogP contribution in [0.3, 0.4) is 0 Å². The van der Waals surface area contributed by atoms with Gasteiger partial charge in [-0.2, -0.15) is 0 Å². The maximum Gasteiger partial charge on any atom is 0.123 e. The maximum atomic E-state index is 13.1. The summed E-state index contributed by atoms with van der Waals surface area (Å²) in [6.45, 7) is 3.50. The van der Waals surface area contributed by atoms with Crippen molar-refractivity contribution in [2.75, 3.05) is 0 Å². The van der Waals surface area contributed by atoms with Crippen LogP contribution in [0.2, 0.25) is 0 Å². The van der Waals surface area contributed by atoms with Crippen LogP contribution in [-0.4, -0.2) is 0 Å². The van der Waals surface area contributed by atoms with Gasteiger partial charge in [0.25, 0.3) is 0 Å². The highest BCUT2D eigenvalue weighted by molar-refractivity contribution is 9.11. The number of halogens is 2. The highest BCUT2D eigenvalue weighted by Crippen LogP contribution is 2.21. The largest absolute Gasteiger partial charge is 0.308 e. The van der Waals surface area contributed by atoms with Crippen LogP contribution in [0.25, 0.3) is 0 Å². The van der Waals surface area contributed by atoms with Crippen molar-refractivity contribution in [3.05, 3.63) is 55.9 Å². The molecule has 17 heavy (non-hydrogen) atoms. The molecule has 0 saturated heterocycles. The summed E-state index contributed by atoms with van der Waals surface area (Å²) in [5.74, 6) is -0.175. The summed E-state index contributed by atoms with van der Waals surface area (Å²) in [5, 5.41) is 3.32. The van der Waals surface area contributed by atoms with Crippen molar-refractivity contribution in [1.29, 1.82) is 0 Å². The van der Waals surface area contributed by atoms with Crippen LogP contribution in [0, 0.1) is 12.7 Å². The van der Waals surface area contributed by atoms with Crippen LogP contribution in [0.1, 0.15) is 16.0 Å². The molecule has 0 aliphatic rings. The molecule has 2 rings (SSSR count). The molecule has 0 amide bonds. The van der Waals surface area contributed by atoms with E-state index in [1.807, 2.05) is 19.1 Å². The molecular formula is C13H13BrFNS. The van der Waals surface area contributed by atoms with Gasteiger partial charge in [-0.1, -0.05) is 6.07 Å². The molecule has 0 saturated carbocycles. The molecule has 1 heterocycles. The first-order chi connectivity index (χ1) is 8.15. The van der Waals surface area contributed by atoms with E-state index >= 15 is 0 Å². The lowest BCUT2D eigenvalue weighted by atomic mass is 10.1. The fourth-order valence-corrected chi connectivity index (χ4v) is 3.05. The molecule has 2 aromatic rings. The van der Waals surface area contributed by atoms with E-state index in [4.69, 9.17) is 0 Å². The lowest BCUT2D eigenvalue weighted by molar-refractivity contribution is 0.619. The average Bonchev–Trinajstić information content (AvgIpc) is 2.69. The fourth-order valence-electron chi connectivity index (χ4n) is 1.60. The van der Waals surface area contributed by atoms with Crippen molar-refractivity contribution in [3.63, 3.8) is 0 Å². The van der Waals surface area contributed by atoms with Crippen molar-refractivity contribution in [2.45, 2.75) is 20.0 Å². The molecule has 1 aromatic carbocycles. The van der Waals surface area contributed by atoms with Crippen LogP contribution in [-0.2, 0) is 13.1 Å². The molecule has 0 aliphatic heterocycles. The fraction of sp³-hybridized carbons (Fsp3) is 0.231. The molecule has 0 aliphatic carbocycles. The van der Waals surface area contributed by atoms with E-state index in [0.29, 0.717) is 6.54 Å². The predicted octanol–water partition coefficient (Wildman–Crippen LogP) is 4.25. The number of benzene rings is 1. The zero-order chi connectivity index (χ0) is 12.3. The smallest absolute Gasteiger partial charge is 0.123 e. The number of hydrogen-bond acceptors (Lipinski definition) is 2. The number of nitrogens with one attached hydrogen (secondary N) is 1. The SMILES string of the molecule is Cc1ccc(F)cc1CNCc1ccc(Br)s1. The van der Waals surface area contributed by atoms with E-state index in [1.165, 1.54) is 10.9 Å². The number of thiophene rings is 1. The van der Waals surface area contributed by atoms with E-state index in [1.54, 1.807) is 17.4 Å². The van der Waals surface area contributed by atoms with Crippen molar-refractivity contribution in [2.24, 2.45) is 0 Å². The van der Waals surface area contributed by atoms with E-state index in [0.717, 1.165) is 21.5 Å². The predicted molar refractivity (Wildman–Crippen MR) is 73.7 cm³/mol. The highest BCUT2D eigenvalue weighted by Gasteiger charge is 2.01. The van der Waals surface area contributed by atoms with Crippen LogP contribution in [0.15, 0.2) is 34.1 Å². The number of rotatable bonds is 4. The minimum absolute atomic E-state index is 0.175. The van der Waals surface area contributed by atoms with Gasteiger partial charge in [-0.3, -0.25) is 0 Å². The molecule has 0 fully saturated rings. The third-order valence-electron chi connectivity index (χ3n) is 2.55. The first-order valence-corrected chi connectivity index (χ1v) is 6.96. The van der Waals surface area contributed by atoms with Crippen LogP contribution in [0.4, 0.5) is 4.39 Å². The monoisotopic (exact) mass is 313 g/mol. The van der Waals surface area contributed by atoms with Gasteiger partial charge < -0.3 is 5.32 Å². The molecule has 4 heteroatoms. The Hall–Kier alpha value is -0.710. The minimum Gasteiger partial charge on any atom is -0.308 e. The van der Waals surface area contributed by atoms with Gasteiger partial charge >= 0.3 is 0 Å². The van der Waals surface area contributed by atoms with E-state index in [2.05, 4.69) is 27.3 Å². The lowest BCUT2D eigenvalue weighted by Gasteiger charge is -2.07. The number of hydrogen-bond donors (Lipinski definition) is 1. The summed E-state index contributed by atoms with van der Waals surface area (Å²) in [6.07, 6.45) is 0. The zero-order valence-corrected chi connectivity index (χ0v) is 11.9. The van der Waals surface area contributed by atoms with E-state index in [9.17, 15) is 4.39 Å². The van der Waals surface area contributed by atoms with Gasteiger partial charge in [0.2, 0.25) is 0 Å². The lowest BCUT2D eigenvalue weighted by Crippen LogP contribution is -2.12. The molecule has 1 aromatic heterocycles. The second-order valence-electron chi connectivity index (χ2n) is 3.88. The summed E-state index contributed by atoms with van der Waals surface area (Å²) in [7, 11) is 0. The molecular weight excluding hydrogens is 301 g/mol. The summed E-state index contributed by atoms with van der Waals surface area (Å²) in [5.41, 5.74) is 2.13. The molecule has 0 spiro atoms. The van der Waals surface area contributed by atoms with Crippen LogP contribution < -0.4 is 5.32 Å². The zero-order valence-electron chi connectivity index (χ0n) is 9.47. The molecule has 90 valence electrons. The Morgan fingerprint density at radius 1 is 1.24 bits per heavy atom. The highest BCUT2D eigenvalue weighted by atomic mass is 79.9. The van der Waals surface area contributed by atoms with Crippen molar-refractivity contribution < 1.29 is 4.39 Å². The normalized spacial score (nSPS) is 10.8. The Labute approximate surface area is 113 Å². The molecule has 1 N–H and O–H groups in total. The van der Waals surface area contributed by atoms with Gasteiger partial charge in [0.15, 0.2) is 0 Å². The van der Waals surface area contributed by atoms with E-state index < -0.39 is 0 Å². The Balaban J connectivity index is 1.91. The molecule has 0 unspecified atom stereocenters. The van der Waals surface area contributed by atoms with Crippen molar-refractivity contribution in [1.82, 2.24) is 5.32 Å². The van der Waals surface area contributed by atoms with E-state index in [-0.39, 0.29) is 5.82 Å². The minimum atomic E-state index is -0.175. The average molecular weight is 314 g/mol. The van der Waals surface area contributed by atoms with Crippen LogP contribution >= 0.6 is 27.3 Å². The molecule has 0 atom stereocenters. The van der Waals surface area contributed by atoms with Gasteiger partial charge in [0.1, 0.15) is 5.82 Å². The second-order valence-corrected chi connectivity index (χ2v) is 6.43. The summed E-state index contributed by atoms with van der Waals surface area (Å²) in [4.78, 5) is 1.27.